The van der Waals surface area contributed by atoms with Crippen molar-refractivity contribution in [3.8, 4) is 0 Å². The van der Waals surface area contributed by atoms with Gasteiger partial charge in [-0.3, -0.25) is 9.97 Å². The van der Waals surface area contributed by atoms with E-state index in [1.807, 2.05) is 36.4 Å². The summed E-state index contributed by atoms with van der Waals surface area (Å²) < 4.78 is 13.4. The Bertz CT molecular complexity index is 823. The van der Waals surface area contributed by atoms with Crippen molar-refractivity contribution in [3.63, 3.8) is 0 Å². The second kappa shape index (κ2) is 8.64. The van der Waals surface area contributed by atoms with E-state index in [-0.39, 0.29) is 0 Å². The lowest BCUT2D eigenvalue weighted by molar-refractivity contribution is 0.303. The summed E-state index contributed by atoms with van der Waals surface area (Å²) in [7, 11) is -3.06. The zero-order chi connectivity index (χ0) is 18.4. The van der Waals surface area contributed by atoms with Crippen molar-refractivity contribution in [2.45, 2.75) is 0 Å². The molecule has 0 bridgehead atoms. The predicted molar refractivity (Wildman–Crippen MR) is 115 cm³/mol. The van der Waals surface area contributed by atoms with Gasteiger partial charge in [0.25, 0.3) is 0 Å². The Morgan fingerprint density at radius 3 is 1.52 bits per heavy atom. The number of pyridine rings is 2. The van der Waals surface area contributed by atoms with Gasteiger partial charge in [-0.05, 0) is 59.4 Å². The molecule has 0 N–H and O–H groups in total. The molecule has 0 unspecified atom stereocenters. The van der Waals surface area contributed by atoms with Gasteiger partial charge in [0.2, 0.25) is 0 Å². The lowest BCUT2D eigenvalue weighted by Gasteiger charge is -2.33. The van der Waals surface area contributed by atoms with Crippen LogP contribution in [-0.2, 0) is 8.85 Å². The molecule has 136 valence electrons. The highest BCUT2D eigenvalue weighted by Gasteiger charge is 2.48. The Kier molecular flexibility index (Phi) is 5.81. The van der Waals surface area contributed by atoms with Crippen molar-refractivity contribution in [1.29, 1.82) is 0 Å². The largest absolute Gasteiger partial charge is 0.531 e. The zero-order valence-electron chi connectivity index (χ0n) is 14.5. The maximum absolute atomic E-state index is 6.69. The third kappa shape index (κ3) is 4.21. The second-order valence-electron chi connectivity index (χ2n) is 5.78. The van der Waals surface area contributed by atoms with E-state index in [4.69, 9.17) is 8.85 Å². The maximum atomic E-state index is 6.69. The molecule has 0 fully saturated rings. The van der Waals surface area contributed by atoms with Gasteiger partial charge in [0.15, 0.2) is 0 Å². The lowest BCUT2D eigenvalue weighted by Crippen LogP contribution is -2.63. The first-order valence-corrected chi connectivity index (χ1v) is 12.4. The molecule has 2 aliphatic heterocycles. The topological polar surface area (TPSA) is 44.2 Å². The van der Waals surface area contributed by atoms with Gasteiger partial charge >= 0.3 is 8.56 Å². The van der Waals surface area contributed by atoms with Crippen LogP contribution in [0.3, 0.4) is 0 Å². The SMILES string of the molecule is C1=CC(O[Si](OC2=CCSC=C2)(c2ccncc2)c2ccncc2)=CCS1. The Hall–Kier alpha value is -2.22. The van der Waals surface area contributed by atoms with Gasteiger partial charge in [-0.25, -0.2) is 0 Å². The van der Waals surface area contributed by atoms with Crippen LogP contribution in [-0.4, -0.2) is 30.0 Å². The van der Waals surface area contributed by atoms with Crippen LogP contribution < -0.4 is 10.4 Å². The van der Waals surface area contributed by atoms with Crippen LogP contribution in [0.5, 0.6) is 0 Å². The molecule has 0 spiro atoms. The Labute approximate surface area is 168 Å². The van der Waals surface area contributed by atoms with Gasteiger partial charge < -0.3 is 8.85 Å². The summed E-state index contributed by atoms with van der Waals surface area (Å²) in [5, 5.41) is 6.13. The molecule has 0 saturated carbocycles. The van der Waals surface area contributed by atoms with Crippen molar-refractivity contribution in [1.82, 2.24) is 9.97 Å². The molecule has 2 aromatic heterocycles. The van der Waals surface area contributed by atoms with Crippen molar-refractivity contribution >= 4 is 42.5 Å². The van der Waals surface area contributed by atoms with Gasteiger partial charge in [0.05, 0.1) is 0 Å². The number of allylic oxidation sites excluding steroid dienone is 2. The molecule has 4 heterocycles. The third-order valence-electron chi connectivity index (χ3n) is 4.06. The number of rotatable bonds is 6. The highest BCUT2D eigenvalue weighted by Crippen LogP contribution is 2.24. The smallest absolute Gasteiger partial charge is 0.506 e. The molecule has 0 saturated heterocycles. The first kappa shape index (κ1) is 18.2. The fraction of sp³-hybridized carbons (Fsp3) is 0.100. The molecular formula is C20H18N2O2S2Si. The van der Waals surface area contributed by atoms with E-state index in [9.17, 15) is 0 Å². The summed E-state index contributed by atoms with van der Waals surface area (Å²) in [6.45, 7) is 0. The van der Waals surface area contributed by atoms with Gasteiger partial charge in [-0.2, -0.15) is 0 Å². The van der Waals surface area contributed by atoms with Crippen LogP contribution in [0.1, 0.15) is 0 Å². The molecule has 0 radical (unpaired) electrons. The van der Waals surface area contributed by atoms with E-state index >= 15 is 0 Å². The summed E-state index contributed by atoms with van der Waals surface area (Å²) in [6, 6.07) is 7.93. The second-order valence-corrected chi connectivity index (χ2v) is 10.5. The summed E-state index contributed by atoms with van der Waals surface area (Å²) in [5.74, 6) is 3.46. The summed E-state index contributed by atoms with van der Waals surface area (Å²) >= 11 is 3.49. The molecule has 0 aromatic carbocycles. The average Bonchev–Trinajstić information content (AvgIpc) is 2.76. The van der Waals surface area contributed by atoms with Gasteiger partial charge in [-0.15, -0.1) is 23.5 Å². The van der Waals surface area contributed by atoms with E-state index in [2.05, 4.69) is 32.9 Å². The molecule has 2 aromatic rings. The first-order chi connectivity index (χ1) is 13.4. The zero-order valence-corrected chi connectivity index (χ0v) is 17.2. The number of aromatic nitrogens is 2. The van der Waals surface area contributed by atoms with E-state index in [1.54, 1.807) is 48.3 Å². The lowest BCUT2D eigenvalue weighted by atomic mass is 10.4. The van der Waals surface area contributed by atoms with Crippen LogP contribution in [0.4, 0.5) is 0 Å². The highest BCUT2D eigenvalue weighted by atomic mass is 32.2. The van der Waals surface area contributed by atoms with E-state index in [0.717, 1.165) is 33.4 Å². The number of nitrogens with zero attached hydrogens (tertiary/aromatic N) is 2. The number of thioether (sulfide) groups is 2. The Morgan fingerprint density at radius 1 is 0.704 bits per heavy atom. The number of hydrogen-bond donors (Lipinski definition) is 0. The summed E-state index contributed by atoms with van der Waals surface area (Å²) in [5.41, 5.74) is 0. The quantitative estimate of drug-likeness (QED) is 0.681. The molecule has 0 aliphatic carbocycles. The summed E-state index contributed by atoms with van der Waals surface area (Å²) in [6.07, 6.45) is 15.3. The van der Waals surface area contributed by atoms with Crippen molar-refractivity contribution in [3.05, 3.63) is 95.7 Å². The fourth-order valence-corrected chi connectivity index (χ4v) is 6.98. The molecule has 2 aliphatic rings. The van der Waals surface area contributed by atoms with Gasteiger partial charge in [0, 0.05) is 46.7 Å². The monoisotopic (exact) mass is 410 g/mol. The molecule has 4 nitrogen and oxygen atoms in total. The number of hydrogen-bond acceptors (Lipinski definition) is 6. The van der Waals surface area contributed by atoms with E-state index < -0.39 is 8.56 Å². The van der Waals surface area contributed by atoms with Crippen LogP contribution in [0.25, 0.3) is 0 Å². The Balaban J connectivity index is 1.84. The van der Waals surface area contributed by atoms with Crippen LogP contribution in [0, 0.1) is 0 Å². The fourth-order valence-electron chi connectivity index (χ4n) is 2.79. The molecule has 7 heteroatoms. The maximum Gasteiger partial charge on any atom is 0.531 e. The van der Waals surface area contributed by atoms with Crippen molar-refractivity contribution < 1.29 is 8.85 Å². The molecule has 27 heavy (non-hydrogen) atoms. The molecule has 4 rings (SSSR count). The standard InChI is InChI=1S/C20H18N2O2S2Si/c1-9-21-10-2-19(1)27(20-3-11-22-12-4-20,23-17-5-13-25-14-6-17)24-18-7-15-26-16-8-18/h1-13,15H,14,16H2. The van der Waals surface area contributed by atoms with Crippen molar-refractivity contribution in [2.24, 2.45) is 0 Å². The minimum Gasteiger partial charge on any atom is -0.506 e. The minimum atomic E-state index is -3.06. The third-order valence-corrected chi connectivity index (χ3v) is 8.67. The molecule has 0 amide bonds. The van der Waals surface area contributed by atoms with Crippen LogP contribution in [0.15, 0.2) is 95.7 Å². The van der Waals surface area contributed by atoms with Crippen LogP contribution in [0.2, 0.25) is 0 Å². The van der Waals surface area contributed by atoms with E-state index in [0.29, 0.717) is 0 Å². The van der Waals surface area contributed by atoms with Crippen LogP contribution >= 0.6 is 23.5 Å². The average molecular weight is 411 g/mol. The van der Waals surface area contributed by atoms with Gasteiger partial charge in [-0.1, -0.05) is 0 Å². The normalized spacial score (nSPS) is 16.4. The molecule has 0 atom stereocenters. The first-order valence-electron chi connectivity index (χ1n) is 8.52. The Morgan fingerprint density at radius 2 is 1.15 bits per heavy atom. The predicted octanol–water partition coefficient (Wildman–Crippen LogP) is 3.36. The van der Waals surface area contributed by atoms with Gasteiger partial charge in [0.1, 0.15) is 11.5 Å². The highest BCUT2D eigenvalue weighted by molar-refractivity contribution is 8.02. The summed E-state index contributed by atoms with van der Waals surface area (Å²) in [4.78, 5) is 8.36. The van der Waals surface area contributed by atoms with Crippen molar-refractivity contribution in [2.75, 3.05) is 11.5 Å². The minimum absolute atomic E-state index is 0.837. The van der Waals surface area contributed by atoms with E-state index in [1.165, 1.54) is 0 Å². The molecular weight excluding hydrogens is 392 g/mol.